The number of halogens is 1. The average molecular weight is 381 g/mol. The van der Waals surface area contributed by atoms with Crippen LogP contribution in [-0.2, 0) is 13.1 Å². The molecule has 0 fully saturated rings. The van der Waals surface area contributed by atoms with E-state index in [-0.39, 0.29) is 11.2 Å². The minimum absolute atomic E-state index is 0.330. The van der Waals surface area contributed by atoms with Crippen LogP contribution in [-0.4, -0.2) is 18.7 Å². The fourth-order valence-corrected chi connectivity index (χ4v) is 3.31. The van der Waals surface area contributed by atoms with Gasteiger partial charge in [0.2, 0.25) is 0 Å². The molecule has 6 nitrogen and oxygen atoms in total. The van der Waals surface area contributed by atoms with Crippen molar-refractivity contribution in [3.8, 4) is 5.69 Å². The Bertz CT molecular complexity index is 1190. The molecule has 7 heteroatoms. The van der Waals surface area contributed by atoms with Crippen molar-refractivity contribution in [2.24, 2.45) is 0 Å². The molecule has 0 N–H and O–H groups in total. The summed E-state index contributed by atoms with van der Waals surface area (Å²) in [5.41, 5.74) is 0.460. The molecule has 4 aromatic rings. The largest absolute Gasteiger partial charge is 0.337 e. The van der Waals surface area contributed by atoms with Crippen LogP contribution < -0.4 is 11.2 Å². The van der Waals surface area contributed by atoms with Crippen molar-refractivity contribution in [3.63, 3.8) is 0 Å². The van der Waals surface area contributed by atoms with Crippen molar-refractivity contribution in [2.75, 3.05) is 0 Å². The second-order valence-corrected chi connectivity index (χ2v) is 6.66. The molecule has 4 rings (SSSR count). The van der Waals surface area contributed by atoms with E-state index in [0.717, 1.165) is 13.0 Å². The Morgan fingerprint density at radius 3 is 2.48 bits per heavy atom. The molecule has 27 heavy (non-hydrogen) atoms. The summed E-state index contributed by atoms with van der Waals surface area (Å²) in [5.74, 6) is 0. The van der Waals surface area contributed by atoms with Crippen molar-refractivity contribution >= 4 is 22.5 Å². The Hall–Kier alpha value is -3.12. The van der Waals surface area contributed by atoms with Crippen molar-refractivity contribution in [2.45, 2.75) is 19.5 Å². The summed E-state index contributed by atoms with van der Waals surface area (Å²) in [6, 6.07) is 13.9. The van der Waals surface area contributed by atoms with E-state index < -0.39 is 0 Å². The van der Waals surface area contributed by atoms with E-state index in [0.29, 0.717) is 28.2 Å². The monoisotopic (exact) mass is 380 g/mol. The molecule has 2 aromatic carbocycles. The van der Waals surface area contributed by atoms with Gasteiger partial charge in [-0.15, -0.1) is 0 Å². The smallest absolute Gasteiger partial charge is 0.336 e. The van der Waals surface area contributed by atoms with E-state index in [1.165, 1.54) is 4.57 Å². The van der Waals surface area contributed by atoms with Gasteiger partial charge in [0.05, 0.1) is 22.9 Å². The van der Waals surface area contributed by atoms with Gasteiger partial charge in [0.15, 0.2) is 0 Å². The van der Waals surface area contributed by atoms with E-state index in [1.807, 2.05) is 22.9 Å². The predicted octanol–water partition coefficient (Wildman–Crippen LogP) is 3.09. The quantitative estimate of drug-likeness (QED) is 0.534. The van der Waals surface area contributed by atoms with E-state index in [9.17, 15) is 9.59 Å². The molecular formula is C20H17ClN4O2. The van der Waals surface area contributed by atoms with Gasteiger partial charge in [-0.3, -0.25) is 9.36 Å². The molecule has 0 radical (unpaired) electrons. The number of hydrogen-bond donors (Lipinski definition) is 0. The van der Waals surface area contributed by atoms with Crippen LogP contribution in [0.2, 0.25) is 5.02 Å². The number of hydrogen-bond acceptors (Lipinski definition) is 3. The summed E-state index contributed by atoms with van der Waals surface area (Å²) in [7, 11) is 0. The average Bonchev–Trinajstić information content (AvgIpc) is 3.19. The first-order valence-corrected chi connectivity index (χ1v) is 8.99. The fourth-order valence-electron chi connectivity index (χ4n) is 3.19. The Labute approximate surface area is 159 Å². The van der Waals surface area contributed by atoms with Crippen molar-refractivity contribution < 1.29 is 0 Å². The number of benzene rings is 2. The lowest BCUT2D eigenvalue weighted by atomic mass is 10.2. The first-order chi connectivity index (χ1) is 13.1. The summed E-state index contributed by atoms with van der Waals surface area (Å²) in [6.07, 6.45) is 6.09. The second-order valence-electron chi connectivity index (χ2n) is 6.22. The van der Waals surface area contributed by atoms with Crippen LogP contribution in [0.4, 0.5) is 0 Å². The van der Waals surface area contributed by atoms with Crippen LogP contribution in [0.5, 0.6) is 0 Å². The molecule has 0 saturated carbocycles. The highest BCUT2D eigenvalue weighted by atomic mass is 35.5. The molecule has 136 valence electrons. The molecule has 0 amide bonds. The molecule has 0 aliphatic heterocycles. The molecule has 0 aliphatic rings. The van der Waals surface area contributed by atoms with Crippen molar-refractivity contribution in [1.29, 1.82) is 0 Å². The summed E-state index contributed by atoms with van der Waals surface area (Å²) in [5, 5.41) is 1.06. The van der Waals surface area contributed by atoms with Gasteiger partial charge < -0.3 is 4.57 Å². The third kappa shape index (κ3) is 3.31. The zero-order valence-corrected chi connectivity index (χ0v) is 15.2. The van der Waals surface area contributed by atoms with Gasteiger partial charge in [0, 0.05) is 30.5 Å². The van der Waals surface area contributed by atoms with Gasteiger partial charge in [-0.25, -0.2) is 14.3 Å². The van der Waals surface area contributed by atoms with Gasteiger partial charge in [0.25, 0.3) is 5.56 Å². The van der Waals surface area contributed by atoms with E-state index in [4.69, 9.17) is 11.6 Å². The topological polar surface area (TPSA) is 61.8 Å². The highest BCUT2D eigenvalue weighted by Crippen LogP contribution is 2.13. The van der Waals surface area contributed by atoms with Crippen LogP contribution in [0.25, 0.3) is 16.6 Å². The maximum absolute atomic E-state index is 13.2. The lowest BCUT2D eigenvalue weighted by molar-refractivity contribution is 0.549. The maximum Gasteiger partial charge on any atom is 0.336 e. The number of fused-ring (bicyclic) bond motifs is 1. The van der Waals surface area contributed by atoms with Gasteiger partial charge in [-0.2, -0.15) is 0 Å². The number of imidazole rings is 1. The van der Waals surface area contributed by atoms with E-state index in [1.54, 1.807) is 53.5 Å². The van der Waals surface area contributed by atoms with E-state index in [2.05, 4.69) is 4.98 Å². The van der Waals surface area contributed by atoms with Crippen LogP contribution in [0.15, 0.2) is 76.8 Å². The predicted molar refractivity (Wildman–Crippen MR) is 106 cm³/mol. The van der Waals surface area contributed by atoms with Crippen LogP contribution >= 0.6 is 11.6 Å². The SMILES string of the molecule is O=c1c2ccccc2n(CCCn2ccnc2)c(=O)n1-c1ccc(Cl)cc1. The fraction of sp³-hybridized carbons (Fsp3) is 0.150. The maximum atomic E-state index is 13.2. The molecule has 0 spiro atoms. The third-order valence-electron chi connectivity index (χ3n) is 4.49. The van der Waals surface area contributed by atoms with Gasteiger partial charge in [-0.1, -0.05) is 23.7 Å². The zero-order valence-electron chi connectivity index (χ0n) is 14.5. The molecule has 0 saturated heterocycles. The van der Waals surface area contributed by atoms with Gasteiger partial charge in [0.1, 0.15) is 0 Å². The molecule has 0 bridgehead atoms. The molecule has 0 unspecified atom stereocenters. The molecule has 0 atom stereocenters. The van der Waals surface area contributed by atoms with Crippen LogP contribution in [0.1, 0.15) is 6.42 Å². The van der Waals surface area contributed by atoms with Crippen molar-refractivity contribution in [1.82, 2.24) is 18.7 Å². The standard InChI is InChI=1S/C20H17ClN4O2/c21-15-6-8-16(9-7-15)25-19(26)17-4-1-2-5-18(17)24(20(25)27)12-3-11-23-13-10-22-14-23/h1-2,4-10,13-14H,3,11-12H2. The number of aryl methyl sites for hydroxylation is 2. The Kier molecular flexibility index (Phi) is 4.64. The van der Waals surface area contributed by atoms with E-state index >= 15 is 0 Å². The second kappa shape index (κ2) is 7.25. The summed E-state index contributed by atoms with van der Waals surface area (Å²) in [4.78, 5) is 30.1. The summed E-state index contributed by atoms with van der Waals surface area (Å²) >= 11 is 5.94. The first-order valence-electron chi connectivity index (χ1n) is 8.61. The molecule has 0 aliphatic carbocycles. The van der Waals surface area contributed by atoms with Gasteiger partial charge >= 0.3 is 5.69 Å². The highest BCUT2D eigenvalue weighted by molar-refractivity contribution is 6.30. The number of para-hydroxylation sites is 1. The molecule has 2 heterocycles. The van der Waals surface area contributed by atoms with Crippen molar-refractivity contribution in [3.05, 3.63) is 93.1 Å². The Morgan fingerprint density at radius 2 is 1.74 bits per heavy atom. The van der Waals surface area contributed by atoms with Crippen LogP contribution in [0.3, 0.4) is 0 Å². The minimum atomic E-state index is -0.355. The zero-order chi connectivity index (χ0) is 18.8. The highest BCUT2D eigenvalue weighted by Gasteiger charge is 2.14. The first kappa shape index (κ1) is 17.3. The summed E-state index contributed by atoms with van der Waals surface area (Å²) in [6.45, 7) is 1.23. The summed E-state index contributed by atoms with van der Waals surface area (Å²) < 4.78 is 4.82. The molecular weight excluding hydrogens is 364 g/mol. The molecule has 2 aromatic heterocycles. The normalized spacial score (nSPS) is 11.1. The number of rotatable bonds is 5. The van der Waals surface area contributed by atoms with Crippen LogP contribution in [0, 0.1) is 0 Å². The Balaban J connectivity index is 1.83. The Morgan fingerprint density at radius 1 is 0.963 bits per heavy atom. The minimum Gasteiger partial charge on any atom is -0.337 e. The van der Waals surface area contributed by atoms with Gasteiger partial charge in [-0.05, 0) is 42.8 Å². The number of nitrogens with zero attached hydrogens (tertiary/aromatic N) is 4. The lowest BCUT2D eigenvalue weighted by Crippen LogP contribution is -2.39. The lowest BCUT2D eigenvalue weighted by Gasteiger charge is -2.14. The third-order valence-corrected chi connectivity index (χ3v) is 4.74. The number of aromatic nitrogens is 4.